The van der Waals surface area contributed by atoms with Crippen molar-refractivity contribution in [2.24, 2.45) is 0 Å². The Balaban J connectivity index is 3.14. The van der Waals surface area contributed by atoms with Gasteiger partial charge in [-0.2, -0.15) is 0 Å². The topological polar surface area (TPSA) is 67.9 Å². The fourth-order valence-corrected chi connectivity index (χ4v) is 2.09. The fourth-order valence-electron chi connectivity index (χ4n) is 2.09. The molecule has 1 aromatic carbocycles. The summed E-state index contributed by atoms with van der Waals surface area (Å²) in [6.45, 7) is 14.2. The van der Waals surface area contributed by atoms with Crippen molar-refractivity contribution in [1.29, 1.82) is 0 Å². The summed E-state index contributed by atoms with van der Waals surface area (Å²) in [5.41, 5.74) is 1.15. The van der Waals surface area contributed by atoms with E-state index in [2.05, 4.69) is 5.43 Å². The first-order valence-electron chi connectivity index (χ1n) is 8.31. The Morgan fingerprint density at radius 1 is 0.840 bits per heavy atom. The van der Waals surface area contributed by atoms with Crippen molar-refractivity contribution in [1.82, 2.24) is 10.4 Å². The van der Waals surface area contributed by atoms with Crippen molar-refractivity contribution in [3.63, 3.8) is 0 Å². The highest BCUT2D eigenvalue weighted by Crippen LogP contribution is 2.28. The van der Waals surface area contributed by atoms with Gasteiger partial charge in [-0.15, -0.1) is 0 Å². The normalized spacial score (nSPS) is 12.3. The number of carbonyl (C=O) groups excluding carboxylic acids is 2. The summed E-state index contributed by atoms with van der Waals surface area (Å²) >= 11 is 0. The molecular weight excluding hydrogens is 320 g/mol. The number of benzene rings is 1. The molecule has 0 saturated heterocycles. The highest BCUT2D eigenvalue weighted by Gasteiger charge is 2.38. The minimum atomic E-state index is -0.847. The number of amides is 2. The summed E-state index contributed by atoms with van der Waals surface area (Å²) in [4.78, 5) is 24.9. The van der Waals surface area contributed by atoms with Crippen LogP contribution in [0.15, 0.2) is 30.3 Å². The molecule has 6 nitrogen and oxygen atoms in total. The minimum absolute atomic E-state index is 0.660. The van der Waals surface area contributed by atoms with Crippen LogP contribution >= 0.6 is 0 Å². The summed E-state index contributed by atoms with van der Waals surface area (Å²) < 4.78 is 10.7. The average Bonchev–Trinajstić information content (AvgIpc) is 2.41. The Bertz CT molecular complexity index is 598. The Labute approximate surface area is 150 Å². The predicted octanol–water partition coefficient (Wildman–Crippen LogP) is 4.60. The highest BCUT2D eigenvalue weighted by atomic mass is 16.6. The maximum Gasteiger partial charge on any atom is 0.430 e. The second kappa shape index (κ2) is 7.33. The first kappa shape index (κ1) is 20.8. The lowest BCUT2D eigenvalue weighted by Crippen LogP contribution is -2.57. The first-order chi connectivity index (χ1) is 11.2. The zero-order valence-corrected chi connectivity index (χ0v) is 16.5. The van der Waals surface area contributed by atoms with Gasteiger partial charge in [-0.1, -0.05) is 30.3 Å². The van der Waals surface area contributed by atoms with E-state index < -0.39 is 28.9 Å². The number of rotatable bonds is 2. The molecule has 0 fully saturated rings. The van der Waals surface area contributed by atoms with E-state index in [0.717, 1.165) is 5.56 Å². The third kappa shape index (κ3) is 6.64. The van der Waals surface area contributed by atoms with Crippen molar-refractivity contribution < 1.29 is 19.1 Å². The number of hydrazine groups is 1. The summed E-state index contributed by atoms with van der Waals surface area (Å²) in [6, 6.07) is 9.40. The molecule has 1 N–H and O–H groups in total. The van der Waals surface area contributed by atoms with E-state index in [-0.39, 0.29) is 0 Å². The van der Waals surface area contributed by atoms with Gasteiger partial charge in [0.1, 0.15) is 11.2 Å². The molecule has 0 spiro atoms. The third-order valence-electron chi connectivity index (χ3n) is 3.22. The molecule has 0 heterocycles. The largest absolute Gasteiger partial charge is 0.443 e. The van der Waals surface area contributed by atoms with Crippen LogP contribution in [0.4, 0.5) is 9.59 Å². The van der Waals surface area contributed by atoms with Crippen LogP contribution < -0.4 is 5.43 Å². The Morgan fingerprint density at radius 2 is 1.32 bits per heavy atom. The molecular formula is C19H30N2O4. The molecule has 0 radical (unpaired) electrons. The number of nitrogens with zero attached hydrogens (tertiary/aromatic N) is 1. The van der Waals surface area contributed by atoms with Gasteiger partial charge in [0.15, 0.2) is 0 Å². The van der Waals surface area contributed by atoms with Gasteiger partial charge in [0.25, 0.3) is 0 Å². The lowest BCUT2D eigenvalue weighted by molar-refractivity contribution is -0.0258. The number of nitrogens with one attached hydrogen (secondary N) is 1. The van der Waals surface area contributed by atoms with Gasteiger partial charge < -0.3 is 9.47 Å². The SMILES string of the molecule is CC(C)(C)OC(=O)NN(C(=O)OC(C)(C)C)C(C)(C)c1ccccc1. The minimum Gasteiger partial charge on any atom is -0.443 e. The number of hydrogen-bond acceptors (Lipinski definition) is 4. The van der Waals surface area contributed by atoms with Crippen molar-refractivity contribution >= 4 is 12.2 Å². The standard InChI is InChI=1S/C19H30N2O4/c1-17(2,3)24-15(22)20-21(16(23)25-18(4,5)6)19(7,8)14-12-10-9-11-13-14/h9-13H,1-8H3,(H,20,22). The Hall–Kier alpha value is -2.24. The zero-order chi connectivity index (χ0) is 19.5. The summed E-state index contributed by atoms with van der Waals surface area (Å²) in [5, 5.41) is 1.17. The lowest BCUT2D eigenvalue weighted by Gasteiger charge is -2.39. The van der Waals surface area contributed by atoms with E-state index in [1.165, 1.54) is 5.01 Å². The number of ether oxygens (including phenoxy) is 2. The van der Waals surface area contributed by atoms with Crippen LogP contribution in [-0.2, 0) is 15.0 Å². The van der Waals surface area contributed by atoms with Crippen molar-refractivity contribution in [2.75, 3.05) is 0 Å². The molecule has 140 valence electrons. The van der Waals surface area contributed by atoms with Crippen LogP contribution in [-0.4, -0.2) is 28.4 Å². The molecule has 1 aromatic rings. The van der Waals surface area contributed by atoms with Crippen molar-refractivity contribution in [3.8, 4) is 0 Å². The smallest absolute Gasteiger partial charge is 0.430 e. The molecule has 0 saturated carbocycles. The zero-order valence-electron chi connectivity index (χ0n) is 16.5. The van der Waals surface area contributed by atoms with E-state index >= 15 is 0 Å². The molecule has 0 aromatic heterocycles. The van der Waals surface area contributed by atoms with Crippen molar-refractivity contribution in [3.05, 3.63) is 35.9 Å². The number of carbonyl (C=O) groups is 2. The van der Waals surface area contributed by atoms with Crippen LogP contribution in [0.25, 0.3) is 0 Å². The fraction of sp³-hybridized carbons (Fsp3) is 0.579. The van der Waals surface area contributed by atoms with Gasteiger partial charge in [0, 0.05) is 0 Å². The highest BCUT2D eigenvalue weighted by molar-refractivity contribution is 5.75. The Kier molecular flexibility index (Phi) is 6.10. The molecule has 0 atom stereocenters. The Morgan fingerprint density at radius 3 is 1.76 bits per heavy atom. The van der Waals surface area contributed by atoms with Gasteiger partial charge in [-0.25, -0.2) is 20.0 Å². The molecule has 6 heteroatoms. The molecule has 25 heavy (non-hydrogen) atoms. The van der Waals surface area contributed by atoms with Crippen LogP contribution in [0.3, 0.4) is 0 Å². The van der Waals surface area contributed by atoms with E-state index in [9.17, 15) is 9.59 Å². The van der Waals surface area contributed by atoms with Crippen LogP contribution in [0.2, 0.25) is 0 Å². The molecule has 0 aliphatic heterocycles. The van der Waals surface area contributed by atoms with E-state index in [1.54, 1.807) is 41.5 Å². The molecule has 1 rings (SSSR count). The lowest BCUT2D eigenvalue weighted by atomic mass is 9.94. The van der Waals surface area contributed by atoms with E-state index in [1.807, 2.05) is 44.2 Å². The van der Waals surface area contributed by atoms with Gasteiger partial charge in [-0.3, -0.25) is 0 Å². The van der Waals surface area contributed by atoms with Gasteiger partial charge >= 0.3 is 12.2 Å². The predicted molar refractivity (Wildman–Crippen MR) is 96.9 cm³/mol. The van der Waals surface area contributed by atoms with Gasteiger partial charge in [0.05, 0.1) is 5.54 Å². The summed E-state index contributed by atoms with van der Waals surface area (Å²) in [7, 11) is 0. The maximum absolute atomic E-state index is 12.7. The number of hydrogen-bond donors (Lipinski definition) is 1. The maximum atomic E-state index is 12.7. The molecule has 0 unspecified atom stereocenters. The first-order valence-corrected chi connectivity index (χ1v) is 8.31. The summed E-state index contributed by atoms with van der Waals surface area (Å²) in [6.07, 6.45) is -1.38. The van der Waals surface area contributed by atoms with Crippen LogP contribution in [0, 0.1) is 0 Å². The molecule has 2 amide bonds. The van der Waals surface area contributed by atoms with Crippen LogP contribution in [0.1, 0.15) is 61.0 Å². The second-order valence-electron chi connectivity index (χ2n) is 8.35. The second-order valence-corrected chi connectivity index (χ2v) is 8.35. The van der Waals surface area contributed by atoms with Gasteiger partial charge in [0.2, 0.25) is 0 Å². The molecule has 0 aliphatic carbocycles. The molecule has 0 aliphatic rings. The van der Waals surface area contributed by atoms with E-state index in [0.29, 0.717) is 0 Å². The van der Waals surface area contributed by atoms with Gasteiger partial charge in [-0.05, 0) is 61.0 Å². The molecule has 0 bridgehead atoms. The quantitative estimate of drug-likeness (QED) is 0.792. The van der Waals surface area contributed by atoms with Crippen molar-refractivity contribution in [2.45, 2.75) is 72.1 Å². The summed E-state index contributed by atoms with van der Waals surface area (Å²) in [5.74, 6) is 0. The third-order valence-corrected chi connectivity index (χ3v) is 3.22. The van der Waals surface area contributed by atoms with Crippen LogP contribution in [0.5, 0.6) is 0 Å². The monoisotopic (exact) mass is 350 g/mol. The van der Waals surface area contributed by atoms with E-state index in [4.69, 9.17) is 9.47 Å². The average molecular weight is 350 g/mol.